The van der Waals surface area contributed by atoms with Crippen molar-refractivity contribution >= 4 is 0 Å². The average molecular weight is 239 g/mol. The summed E-state index contributed by atoms with van der Waals surface area (Å²) in [6.07, 6.45) is 7.36. The molecule has 0 spiro atoms. The van der Waals surface area contributed by atoms with Crippen LogP contribution in [0.5, 0.6) is 0 Å². The van der Waals surface area contributed by atoms with Gasteiger partial charge >= 0.3 is 0 Å². The van der Waals surface area contributed by atoms with Gasteiger partial charge in [-0.25, -0.2) is 0 Å². The van der Waals surface area contributed by atoms with Crippen LogP contribution in [0.1, 0.15) is 32.3 Å². The summed E-state index contributed by atoms with van der Waals surface area (Å²) in [5.74, 6) is 0. The minimum atomic E-state index is 0.532. The third-order valence-electron chi connectivity index (χ3n) is 2.78. The summed E-state index contributed by atoms with van der Waals surface area (Å²) < 4.78 is 7.23. The number of hydrogen-bond donors (Lipinski definition) is 1. The fourth-order valence-corrected chi connectivity index (χ4v) is 2.00. The van der Waals surface area contributed by atoms with Crippen LogP contribution in [0.25, 0.3) is 0 Å². The minimum Gasteiger partial charge on any atom is -0.382 e. The van der Waals surface area contributed by atoms with Gasteiger partial charge in [-0.2, -0.15) is 5.10 Å². The topological polar surface area (TPSA) is 39.1 Å². The Hall–Kier alpha value is -0.870. The van der Waals surface area contributed by atoms with Crippen LogP contribution in [0.2, 0.25) is 0 Å². The average Bonchev–Trinajstić information content (AvgIpc) is 2.70. The molecule has 0 amide bonds. The molecule has 0 radical (unpaired) electrons. The molecule has 0 bridgehead atoms. The SMILES string of the molecule is CCNC(CCCOCC)Cc1cnn(C)c1. The van der Waals surface area contributed by atoms with Gasteiger partial charge in [0.05, 0.1) is 6.20 Å². The zero-order chi connectivity index (χ0) is 12.5. The van der Waals surface area contributed by atoms with Crippen molar-refractivity contribution in [2.24, 2.45) is 7.05 Å². The first-order valence-electron chi connectivity index (χ1n) is 6.54. The van der Waals surface area contributed by atoms with Crippen molar-refractivity contribution in [3.63, 3.8) is 0 Å². The molecule has 0 fully saturated rings. The molecule has 0 saturated carbocycles. The first kappa shape index (κ1) is 14.2. The Morgan fingerprint density at radius 2 is 2.29 bits per heavy atom. The highest BCUT2D eigenvalue weighted by Gasteiger charge is 2.09. The van der Waals surface area contributed by atoms with Crippen LogP contribution in [0, 0.1) is 0 Å². The van der Waals surface area contributed by atoms with E-state index in [1.165, 1.54) is 5.56 Å². The van der Waals surface area contributed by atoms with Gasteiger partial charge in [-0.3, -0.25) is 4.68 Å². The molecule has 0 saturated heterocycles. The van der Waals surface area contributed by atoms with E-state index in [0.29, 0.717) is 6.04 Å². The van der Waals surface area contributed by atoms with Crippen molar-refractivity contribution in [2.75, 3.05) is 19.8 Å². The Morgan fingerprint density at radius 1 is 1.47 bits per heavy atom. The Morgan fingerprint density at radius 3 is 2.88 bits per heavy atom. The molecule has 4 nitrogen and oxygen atoms in total. The molecule has 1 heterocycles. The first-order valence-corrected chi connectivity index (χ1v) is 6.54. The molecule has 1 rings (SSSR count). The summed E-state index contributed by atoms with van der Waals surface area (Å²) in [4.78, 5) is 0. The zero-order valence-electron chi connectivity index (χ0n) is 11.3. The van der Waals surface area contributed by atoms with Gasteiger partial charge in [0, 0.05) is 32.5 Å². The van der Waals surface area contributed by atoms with E-state index in [1.807, 2.05) is 24.9 Å². The van der Waals surface area contributed by atoms with Gasteiger partial charge in [0.1, 0.15) is 0 Å². The number of nitrogens with one attached hydrogen (secondary N) is 1. The standard InChI is InChI=1S/C13H25N3O/c1-4-14-13(7-6-8-17-5-2)9-12-10-15-16(3)11-12/h10-11,13-14H,4-9H2,1-3H3. The quantitative estimate of drug-likeness (QED) is 0.667. The molecule has 1 aromatic heterocycles. The molecule has 0 aliphatic carbocycles. The van der Waals surface area contributed by atoms with Crippen LogP contribution >= 0.6 is 0 Å². The number of rotatable bonds is 9. The second-order valence-corrected chi connectivity index (χ2v) is 4.32. The molecule has 17 heavy (non-hydrogen) atoms. The van der Waals surface area contributed by atoms with E-state index in [2.05, 4.69) is 23.5 Å². The van der Waals surface area contributed by atoms with E-state index < -0.39 is 0 Å². The molecule has 98 valence electrons. The number of aryl methyl sites for hydroxylation is 1. The smallest absolute Gasteiger partial charge is 0.0522 e. The lowest BCUT2D eigenvalue weighted by atomic mass is 10.0. The fourth-order valence-electron chi connectivity index (χ4n) is 2.00. The highest BCUT2D eigenvalue weighted by Crippen LogP contribution is 2.07. The molecule has 0 aliphatic rings. The number of nitrogens with zero attached hydrogens (tertiary/aromatic N) is 2. The maximum Gasteiger partial charge on any atom is 0.0522 e. The zero-order valence-corrected chi connectivity index (χ0v) is 11.3. The lowest BCUT2D eigenvalue weighted by Gasteiger charge is -2.16. The van der Waals surface area contributed by atoms with Crippen LogP contribution < -0.4 is 5.32 Å². The van der Waals surface area contributed by atoms with Gasteiger partial charge in [-0.15, -0.1) is 0 Å². The van der Waals surface area contributed by atoms with Crippen LogP contribution in [0.3, 0.4) is 0 Å². The minimum absolute atomic E-state index is 0.532. The summed E-state index contributed by atoms with van der Waals surface area (Å²) in [5, 5.41) is 7.73. The highest BCUT2D eigenvalue weighted by atomic mass is 16.5. The summed E-state index contributed by atoms with van der Waals surface area (Å²) in [7, 11) is 1.96. The van der Waals surface area contributed by atoms with Crippen molar-refractivity contribution in [1.82, 2.24) is 15.1 Å². The Labute approximate surface area is 104 Å². The molecule has 1 aromatic rings. The lowest BCUT2D eigenvalue weighted by Crippen LogP contribution is -2.31. The van der Waals surface area contributed by atoms with Crippen molar-refractivity contribution in [3.05, 3.63) is 18.0 Å². The van der Waals surface area contributed by atoms with Crippen molar-refractivity contribution in [2.45, 2.75) is 39.2 Å². The monoisotopic (exact) mass is 239 g/mol. The summed E-state index contributed by atoms with van der Waals surface area (Å²) in [5.41, 5.74) is 1.30. The summed E-state index contributed by atoms with van der Waals surface area (Å²) >= 11 is 0. The van der Waals surface area contributed by atoms with Crippen molar-refractivity contribution in [3.8, 4) is 0 Å². The number of aromatic nitrogens is 2. The normalized spacial score (nSPS) is 12.9. The molecule has 1 atom stereocenters. The summed E-state index contributed by atoms with van der Waals surface area (Å²) in [6.45, 7) is 6.88. The maximum atomic E-state index is 5.37. The van der Waals surface area contributed by atoms with Crippen molar-refractivity contribution < 1.29 is 4.74 Å². The van der Waals surface area contributed by atoms with Crippen LogP contribution in [-0.2, 0) is 18.2 Å². The second kappa shape index (κ2) is 8.25. The first-order chi connectivity index (χ1) is 8.26. The second-order valence-electron chi connectivity index (χ2n) is 4.32. The van der Waals surface area contributed by atoms with Crippen LogP contribution in [-0.4, -0.2) is 35.6 Å². The van der Waals surface area contributed by atoms with Gasteiger partial charge in [0.2, 0.25) is 0 Å². The van der Waals surface area contributed by atoms with Gasteiger partial charge < -0.3 is 10.1 Å². The molecular weight excluding hydrogens is 214 g/mol. The highest BCUT2D eigenvalue weighted by molar-refractivity contribution is 5.05. The van der Waals surface area contributed by atoms with E-state index in [-0.39, 0.29) is 0 Å². The van der Waals surface area contributed by atoms with Gasteiger partial charge in [-0.05, 0) is 38.3 Å². The molecule has 1 unspecified atom stereocenters. The van der Waals surface area contributed by atoms with Gasteiger partial charge in [0.15, 0.2) is 0 Å². The molecule has 1 N–H and O–H groups in total. The molecular formula is C13H25N3O. The predicted molar refractivity (Wildman–Crippen MR) is 70.1 cm³/mol. The third-order valence-corrected chi connectivity index (χ3v) is 2.78. The number of likely N-dealkylation sites (N-methyl/N-ethyl adjacent to an activating group) is 1. The van der Waals surface area contributed by atoms with Gasteiger partial charge in [-0.1, -0.05) is 6.92 Å². The van der Waals surface area contributed by atoms with E-state index in [0.717, 1.165) is 39.0 Å². The third kappa shape index (κ3) is 5.84. The van der Waals surface area contributed by atoms with E-state index in [4.69, 9.17) is 4.74 Å². The lowest BCUT2D eigenvalue weighted by molar-refractivity contribution is 0.141. The van der Waals surface area contributed by atoms with E-state index >= 15 is 0 Å². The Kier molecular flexibility index (Phi) is 6.89. The number of hydrogen-bond acceptors (Lipinski definition) is 3. The van der Waals surface area contributed by atoms with E-state index in [1.54, 1.807) is 0 Å². The van der Waals surface area contributed by atoms with Crippen LogP contribution in [0.4, 0.5) is 0 Å². The van der Waals surface area contributed by atoms with Crippen LogP contribution in [0.15, 0.2) is 12.4 Å². The fraction of sp³-hybridized carbons (Fsp3) is 0.769. The maximum absolute atomic E-state index is 5.37. The Bertz CT molecular complexity index is 299. The molecule has 0 aliphatic heterocycles. The molecule has 0 aromatic carbocycles. The molecule has 4 heteroatoms. The Balaban J connectivity index is 2.32. The largest absolute Gasteiger partial charge is 0.382 e. The van der Waals surface area contributed by atoms with Gasteiger partial charge in [0.25, 0.3) is 0 Å². The predicted octanol–water partition coefficient (Wildman–Crippen LogP) is 1.76. The summed E-state index contributed by atoms with van der Waals surface area (Å²) in [6, 6.07) is 0.532. The number of ether oxygens (including phenoxy) is 1. The van der Waals surface area contributed by atoms with E-state index in [9.17, 15) is 0 Å². The van der Waals surface area contributed by atoms with Crippen molar-refractivity contribution in [1.29, 1.82) is 0 Å².